The highest BCUT2D eigenvalue weighted by Crippen LogP contribution is 2.31. The fourth-order valence-electron chi connectivity index (χ4n) is 2.23. The van der Waals surface area contributed by atoms with Crippen molar-refractivity contribution in [3.8, 4) is 23.6 Å². The average molecular weight is 296 g/mol. The van der Waals surface area contributed by atoms with E-state index in [1.807, 2.05) is 0 Å². The number of aromatic nitrogens is 4. The van der Waals surface area contributed by atoms with E-state index in [2.05, 4.69) is 21.0 Å². The minimum absolute atomic E-state index is 0.0732. The lowest BCUT2D eigenvalue weighted by atomic mass is 10.1. The highest BCUT2D eigenvalue weighted by molar-refractivity contribution is 5.98. The van der Waals surface area contributed by atoms with Gasteiger partial charge in [-0.15, -0.1) is 12.3 Å². The monoisotopic (exact) mass is 296 g/mol. The molecule has 0 aliphatic carbocycles. The Labute approximate surface area is 126 Å². The van der Waals surface area contributed by atoms with Gasteiger partial charge in [-0.1, -0.05) is 6.07 Å². The van der Waals surface area contributed by atoms with Crippen LogP contribution < -0.4 is 11.5 Å². The maximum atomic E-state index is 13.7. The summed E-state index contributed by atoms with van der Waals surface area (Å²) in [5, 5.41) is 5.03. The lowest BCUT2D eigenvalue weighted by molar-refractivity contribution is 0.632. The Balaban J connectivity index is 2.24. The third-order valence-electron chi connectivity index (χ3n) is 3.30. The van der Waals surface area contributed by atoms with Crippen LogP contribution in [0.15, 0.2) is 24.5 Å². The van der Waals surface area contributed by atoms with Gasteiger partial charge in [0.1, 0.15) is 23.7 Å². The van der Waals surface area contributed by atoms with Crippen molar-refractivity contribution in [1.82, 2.24) is 19.7 Å². The van der Waals surface area contributed by atoms with Crippen LogP contribution in [0.3, 0.4) is 0 Å². The first-order valence-electron chi connectivity index (χ1n) is 6.57. The van der Waals surface area contributed by atoms with Crippen LogP contribution in [0.4, 0.5) is 15.9 Å². The summed E-state index contributed by atoms with van der Waals surface area (Å²) < 4.78 is 15.4. The second-order valence-electron chi connectivity index (χ2n) is 4.72. The molecule has 0 radical (unpaired) electrons. The predicted molar refractivity (Wildman–Crippen MR) is 83.0 cm³/mol. The van der Waals surface area contributed by atoms with Crippen LogP contribution in [0.25, 0.3) is 22.3 Å². The number of benzene rings is 1. The van der Waals surface area contributed by atoms with Crippen LogP contribution in [0, 0.1) is 18.2 Å². The van der Waals surface area contributed by atoms with Gasteiger partial charge < -0.3 is 11.5 Å². The Morgan fingerprint density at radius 1 is 1.27 bits per heavy atom. The molecule has 0 fully saturated rings. The smallest absolute Gasteiger partial charge is 0.163 e. The van der Waals surface area contributed by atoms with Crippen LogP contribution in [0.5, 0.6) is 0 Å². The Morgan fingerprint density at radius 3 is 2.82 bits per heavy atom. The van der Waals surface area contributed by atoms with E-state index in [4.69, 9.17) is 17.9 Å². The maximum Gasteiger partial charge on any atom is 0.163 e. The molecular weight excluding hydrogens is 283 g/mol. The van der Waals surface area contributed by atoms with Crippen LogP contribution in [-0.4, -0.2) is 19.7 Å². The van der Waals surface area contributed by atoms with Gasteiger partial charge in [0.05, 0.1) is 17.6 Å². The standard InChI is InChI=1S/C15H13FN6/c1-2-3-6-22-15-12(14(18)19-8-20-15)13(21-22)9-4-5-11(17)10(16)7-9/h1,4-5,7-8H,3,6,17H2,(H2,18,19,20). The molecule has 3 rings (SSSR count). The van der Waals surface area contributed by atoms with E-state index < -0.39 is 5.82 Å². The van der Waals surface area contributed by atoms with Crippen molar-refractivity contribution < 1.29 is 4.39 Å². The molecule has 3 aromatic rings. The van der Waals surface area contributed by atoms with Gasteiger partial charge in [0, 0.05) is 12.0 Å². The number of terminal acetylenes is 1. The first-order chi connectivity index (χ1) is 10.6. The third kappa shape index (κ3) is 2.20. The van der Waals surface area contributed by atoms with E-state index in [1.54, 1.807) is 10.7 Å². The summed E-state index contributed by atoms with van der Waals surface area (Å²) in [6.07, 6.45) is 7.15. The summed E-state index contributed by atoms with van der Waals surface area (Å²) in [7, 11) is 0. The van der Waals surface area contributed by atoms with E-state index in [0.717, 1.165) is 0 Å². The second-order valence-corrected chi connectivity index (χ2v) is 4.72. The Bertz CT molecular complexity index is 893. The fourth-order valence-corrected chi connectivity index (χ4v) is 2.23. The van der Waals surface area contributed by atoms with Gasteiger partial charge in [0.15, 0.2) is 5.65 Å². The number of hydrogen-bond acceptors (Lipinski definition) is 5. The van der Waals surface area contributed by atoms with Gasteiger partial charge in [0.2, 0.25) is 0 Å². The molecule has 1 aromatic carbocycles. The third-order valence-corrected chi connectivity index (χ3v) is 3.30. The number of hydrogen-bond donors (Lipinski definition) is 2. The van der Waals surface area contributed by atoms with Crippen molar-refractivity contribution in [3.05, 3.63) is 30.3 Å². The summed E-state index contributed by atoms with van der Waals surface area (Å²) in [5.74, 6) is 2.32. The number of nitrogens with zero attached hydrogens (tertiary/aromatic N) is 4. The average Bonchev–Trinajstić information content (AvgIpc) is 2.88. The zero-order valence-electron chi connectivity index (χ0n) is 11.6. The second kappa shape index (κ2) is 5.33. The molecule has 0 aliphatic heterocycles. The van der Waals surface area contributed by atoms with E-state index in [-0.39, 0.29) is 11.5 Å². The van der Waals surface area contributed by atoms with Crippen molar-refractivity contribution in [2.75, 3.05) is 11.5 Å². The van der Waals surface area contributed by atoms with E-state index in [9.17, 15) is 4.39 Å². The molecule has 0 atom stereocenters. The number of nitrogen functional groups attached to an aromatic ring is 2. The molecule has 0 unspecified atom stereocenters. The molecule has 2 heterocycles. The lowest BCUT2D eigenvalue weighted by Crippen LogP contribution is -2.01. The number of halogens is 1. The van der Waals surface area contributed by atoms with Gasteiger partial charge in [-0.05, 0) is 12.1 Å². The van der Waals surface area contributed by atoms with Gasteiger partial charge in [0.25, 0.3) is 0 Å². The Morgan fingerprint density at radius 2 is 2.09 bits per heavy atom. The topological polar surface area (TPSA) is 95.6 Å². The quantitative estimate of drug-likeness (QED) is 0.568. The molecule has 22 heavy (non-hydrogen) atoms. The molecule has 0 amide bonds. The fraction of sp³-hybridized carbons (Fsp3) is 0.133. The van der Waals surface area contributed by atoms with Crippen LogP contribution in [-0.2, 0) is 6.54 Å². The number of anilines is 2. The molecule has 7 heteroatoms. The first kappa shape index (κ1) is 13.8. The zero-order chi connectivity index (χ0) is 15.7. The maximum absolute atomic E-state index is 13.7. The normalized spacial score (nSPS) is 10.7. The van der Waals surface area contributed by atoms with Crippen molar-refractivity contribution in [2.45, 2.75) is 13.0 Å². The summed E-state index contributed by atoms with van der Waals surface area (Å²) in [6, 6.07) is 4.48. The van der Waals surface area contributed by atoms with E-state index >= 15 is 0 Å². The highest BCUT2D eigenvalue weighted by Gasteiger charge is 2.17. The van der Waals surface area contributed by atoms with E-state index in [0.29, 0.717) is 35.3 Å². The summed E-state index contributed by atoms with van der Waals surface area (Å²) >= 11 is 0. The first-order valence-corrected chi connectivity index (χ1v) is 6.57. The molecule has 0 aliphatic rings. The molecule has 6 nitrogen and oxygen atoms in total. The molecule has 2 aromatic heterocycles. The van der Waals surface area contributed by atoms with Gasteiger partial charge >= 0.3 is 0 Å². The zero-order valence-corrected chi connectivity index (χ0v) is 11.6. The SMILES string of the molecule is C#CCCn1nc(-c2ccc(N)c(F)c2)c2c(N)ncnc21. The van der Waals surface area contributed by atoms with E-state index in [1.165, 1.54) is 18.5 Å². The summed E-state index contributed by atoms with van der Waals surface area (Å²) in [5.41, 5.74) is 13.1. The van der Waals surface area contributed by atoms with Crippen molar-refractivity contribution in [3.63, 3.8) is 0 Å². The van der Waals surface area contributed by atoms with Crippen molar-refractivity contribution >= 4 is 22.5 Å². The van der Waals surface area contributed by atoms with Crippen LogP contribution in [0.2, 0.25) is 0 Å². The molecule has 0 saturated carbocycles. The molecular formula is C15H13FN6. The van der Waals surface area contributed by atoms with Crippen molar-refractivity contribution in [1.29, 1.82) is 0 Å². The number of fused-ring (bicyclic) bond motifs is 1. The molecule has 4 N–H and O–H groups in total. The van der Waals surface area contributed by atoms with Crippen LogP contribution in [0.1, 0.15) is 6.42 Å². The number of aryl methyl sites for hydroxylation is 1. The molecule has 0 saturated heterocycles. The molecule has 0 spiro atoms. The van der Waals surface area contributed by atoms with Crippen LogP contribution >= 0.6 is 0 Å². The summed E-state index contributed by atoms with van der Waals surface area (Å²) in [6.45, 7) is 0.487. The van der Waals surface area contributed by atoms with Crippen molar-refractivity contribution in [2.24, 2.45) is 0 Å². The van der Waals surface area contributed by atoms with Gasteiger partial charge in [-0.25, -0.2) is 19.0 Å². The minimum Gasteiger partial charge on any atom is -0.396 e. The Hall–Kier alpha value is -3.14. The summed E-state index contributed by atoms with van der Waals surface area (Å²) in [4.78, 5) is 8.19. The highest BCUT2D eigenvalue weighted by atomic mass is 19.1. The van der Waals surface area contributed by atoms with Gasteiger partial charge in [-0.2, -0.15) is 5.10 Å². The molecule has 110 valence electrons. The predicted octanol–water partition coefficient (Wildman–Crippen LogP) is 1.82. The lowest BCUT2D eigenvalue weighted by Gasteiger charge is -2.01. The number of rotatable bonds is 3. The largest absolute Gasteiger partial charge is 0.396 e. The minimum atomic E-state index is -0.515. The number of nitrogens with two attached hydrogens (primary N) is 2. The molecule has 0 bridgehead atoms. The van der Waals surface area contributed by atoms with Gasteiger partial charge in [-0.3, -0.25) is 0 Å². The Kier molecular flexibility index (Phi) is 3.35.